The van der Waals surface area contributed by atoms with Gasteiger partial charge in [0.15, 0.2) is 0 Å². The second kappa shape index (κ2) is 6.10. The van der Waals surface area contributed by atoms with Crippen molar-refractivity contribution >= 4 is 11.6 Å². The Balaban J connectivity index is 1.56. The summed E-state index contributed by atoms with van der Waals surface area (Å²) in [6.45, 7) is 3.98. The predicted molar refractivity (Wildman–Crippen MR) is 85.4 cm³/mol. The van der Waals surface area contributed by atoms with Gasteiger partial charge in [-0.3, -0.25) is 4.79 Å². The van der Waals surface area contributed by atoms with Gasteiger partial charge >= 0.3 is 0 Å². The first-order valence-corrected chi connectivity index (χ1v) is 7.38. The van der Waals surface area contributed by atoms with Gasteiger partial charge in [-0.2, -0.15) is 0 Å². The summed E-state index contributed by atoms with van der Waals surface area (Å²) in [4.78, 5) is 14.2. The van der Waals surface area contributed by atoms with E-state index in [2.05, 4.69) is 36.5 Å². The lowest BCUT2D eigenvalue weighted by Gasteiger charge is -2.17. The zero-order chi connectivity index (χ0) is 14.7. The highest BCUT2D eigenvalue weighted by Gasteiger charge is 2.23. The molecule has 3 nitrogen and oxygen atoms in total. The van der Waals surface area contributed by atoms with E-state index >= 15 is 0 Å². The van der Waals surface area contributed by atoms with Crippen LogP contribution in [0.25, 0.3) is 0 Å². The minimum atomic E-state index is 0.146. The summed E-state index contributed by atoms with van der Waals surface area (Å²) < 4.78 is 0. The summed E-state index contributed by atoms with van der Waals surface area (Å²) in [5, 5.41) is 3.25. The number of amides is 1. The number of nitrogens with zero attached hydrogens (tertiary/aromatic N) is 1. The zero-order valence-corrected chi connectivity index (χ0v) is 12.3. The third kappa shape index (κ3) is 3.14. The Labute approximate surface area is 125 Å². The molecule has 2 aromatic rings. The Bertz CT molecular complexity index is 651. The molecule has 21 heavy (non-hydrogen) atoms. The number of carbonyl (C=O) groups excluding carboxylic acids is 1. The Morgan fingerprint density at radius 1 is 1.19 bits per heavy atom. The molecule has 0 aromatic heterocycles. The molecule has 0 saturated heterocycles. The molecule has 0 radical (unpaired) electrons. The van der Waals surface area contributed by atoms with Crippen LogP contribution in [-0.2, 0) is 17.8 Å². The van der Waals surface area contributed by atoms with Crippen LogP contribution in [0.15, 0.2) is 48.5 Å². The summed E-state index contributed by atoms with van der Waals surface area (Å²) in [7, 11) is 0. The van der Waals surface area contributed by atoms with E-state index < -0.39 is 0 Å². The van der Waals surface area contributed by atoms with E-state index in [1.54, 1.807) is 0 Å². The van der Waals surface area contributed by atoms with Gasteiger partial charge < -0.3 is 10.2 Å². The first-order chi connectivity index (χ1) is 10.2. The van der Waals surface area contributed by atoms with Crippen LogP contribution >= 0.6 is 0 Å². The first kappa shape index (κ1) is 13.8. The van der Waals surface area contributed by atoms with Crippen molar-refractivity contribution in [1.29, 1.82) is 0 Å². The highest BCUT2D eigenvalue weighted by molar-refractivity contribution is 5.96. The number of para-hydroxylation sites is 1. The van der Waals surface area contributed by atoms with Gasteiger partial charge in [0.05, 0.1) is 6.54 Å². The second-order valence-electron chi connectivity index (χ2n) is 5.52. The Hall–Kier alpha value is -2.13. The van der Waals surface area contributed by atoms with Crippen molar-refractivity contribution in [3.8, 4) is 0 Å². The van der Waals surface area contributed by atoms with Crippen molar-refractivity contribution < 1.29 is 4.79 Å². The number of hydrogen-bond acceptors (Lipinski definition) is 2. The van der Waals surface area contributed by atoms with Crippen LogP contribution in [0, 0.1) is 6.92 Å². The topological polar surface area (TPSA) is 32.3 Å². The molecule has 0 unspecified atom stereocenters. The lowest BCUT2D eigenvalue weighted by atomic mass is 10.1. The van der Waals surface area contributed by atoms with E-state index in [0.29, 0.717) is 6.54 Å². The Kier molecular flexibility index (Phi) is 4.02. The van der Waals surface area contributed by atoms with Crippen LogP contribution in [0.2, 0.25) is 0 Å². The average Bonchev–Trinajstić information content (AvgIpc) is 2.91. The molecule has 3 heteroatoms. The van der Waals surface area contributed by atoms with E-state index in [4.69, 9.17) is 0 Å². The number of carbonyl (C=O) groups is 1. The van der Waals surface area contributed by atoms with Crippen LogP contribution in [0.4, 0.5) is 5.69 Å². The average molecular weight is 280 g/mol. The molecular formula is C18H20N2O. The van der Waals surface area contributed by atoms with Crippen molar-refractivity contribution in [1.82, 2.24) is 5.32 Å². The fourth-order valence-electron chi connectivity index (χ4n) is 2.83. The lowest BCUT2D eigenvalue weighted by molar-refractivity contribution is -0.117. The zero-order valence-electron chi connectivity index (χ0n) is 12.3. The van der Waals surface area contributed by atoms with Gasteiger partial charge in [0.25, 0.3) is 0 Å². The number of aryl methyl sites for hydroxylation is 1. The Morgan fingerprint density at radius 2 is 2.05 bits per heavy atom. The van der Waals surface area contributed by atoms with Crippen LogP contribution < -0.4 is 10.2 Å². The maximum absolute atomic E-state index is 12.3. The third-order valence-electron chi connectivity index (χ3n) is 3.88. The van der Waals surface area contributed by atoms with E-state index in [1.165, 1.54) is 16.7 Å². The first-order valence-electron chi connectivity index (χ1n) is 7.38. The third-order valence-corrected chi connectivity index (χ3v) is 3.88. The van der Waals surface area contributed by atoms with Gasteiger partial charge in [-0.05, 0) is 30.5 Å². The maximum Gasteiger partial charge on any atom is 0.240 e. The monoisotopic (exact) mass is 280 g/mol. The van der Waals surface area contributed by atoms with Crippen molar-refractivity contribution in [3.63, 3.8) is 0 Å². The van der Waals surface area contributed by atoms with Crippen molar-refractivity contribution in [2.75, 3.05) is 18.0 Å². The molecule has 108 valence electrons. The number of benzene rings is 2. The minimum absolute atomic E-state index is 0.146. The van der Waals surface area contributed by atoms with Gasteiger partial charge in [0.2, 0.25) is 5.91 Å². The molecular weight excluding hydrogens is 260 g/mol. The number of hydrogen-bond donors (Lipinski definition) is 1. The molecule has 2 aromatic carbocycles. The molecule has 1 aliphatic heterocycles. The Morgan fingerprint density at radius 3 is 2.90 bits per heavy atom. The summed E-state index contributed by atoms with van der Waals surface area (Å²) >= 11 is 0. The van der Waals surface area contributed by atoms with Crippen molar-refractivity contribution in [3.05, 3.63) is 65.2 Å². The fourth-order valence-corrected chi connectivity index (χ4v) is 2.83. The van der Waals surface area contributed by atoms with Crippen molar-refractivity contribution in [2.24, 2.45) is 0 Å². The number of rotatable bonds is 4. The van der Waals surface area contributed by atoms with Crippen molar-refractivity contribution in [2.45, 2.75) is 19.9 Å². The lowest BCUT2D eigenvalue weighted by Crippen LogP contribution is -2.36. The molecule has 1 amide bonds. The summed E-state index contributed by atoms with van der Waals surface area (Å²) in [6, 6.07) is 16.5. The van der Waals surface area contributed by atoms with Gasteiger partial charge in [0.1, 0.15) is 0 Å². The summed E-state index contributed by atoms with van der Waals surface area (Å²) in [5.41, 5.74) is 4.79. The number of anilines is 1. The van der Waals surface area contributed by atoms with E-state index in [9.17, 15) is 4.79 Å². The maximum atomic E-state index is 12.3. The second-order valence-corrected chi connectivity index (χ2v) is 5.52. The SMILES string of the molecule is Cc1cccc(CNCC(=O)N2CCc3ccccc32)c1. The molecule has 1 aliphatic rings. The molecule has 0 atom stereocenters. The quantitative estimate of drug-likeness (QED) is 0.934. The molecule has 3 rings (SSSR count). The van der Waals surface area contributed by atoms with Crippen LogP contribution in [-0.4, -0.2) is 19.0 Å². The number of fused-ring (bicyclic) bond motifs is 1. The van der Waals surface area contributed by atoms with Crippen LogP contribution in [0.5, 0.6) is 0 Å². The highest BCUT2D eigenvalue weighted by atomic mass is 16.2. The summed E-state index contributed by atoms with van der Waals surface area (Å²) in [5.74, 6) is 0.146. The van der Waals surface area contributed by atoms with E-state index in [1.807, 2.05) is 29.2 Å². The molecule has 0 bridgehead atoms. The van der Waals surface area contributed by atoms with Gasteiger partial charge in [0, 0.05) is 18.8 Å². The van der Waals surface area contributed by atoms with Gasteiger partial charge in [-0.1, -0.05) is 48.0 Å². The molecule has 0 aliphatic carbocycles. The molecule has 1 heterocycles. The normalized spacial score (nSPS) is 13.3. The van der Waals surface area contributed by atoms with E-state index in [-0.39, 0.29) is 5.91 Å². The minimum Gasteiger partial charge on any atom is -0.311 e. The van der Waals surface area contributed by atoms with Gasteiger partial charge in [-0.15, -0.1) is 0 Å². The van der Waals surface area contributed by atoms with Crippen LogP contribution in [0.3, 0.4) is 0 Å². The standard InChI is InChI=1S/C18H20N2O/c1-14-5-4-6-15(11-14)12-19-13-18(21)20-10-9-16-7-2-3-8-17(16)20/h2-8,11,19H,9-10,12-13H2,1H3. The largest absolute Gasteiger partial charge is 0.311 e. The molecule has 0 spiro atoms. The number of nitrogens with one attached hydrogen (secondary N) is 1. The van der Waals surface area contributed by atoms with E-state index in [0.717, 1.165) is 25.2 Å². The molecule has 0 saturated carbocycles. The molecule has 1 N–H and O–H groups in total. The van der Waals surface area contributed by atoms with Crippen LogP contribution in [0.1, 0.15) is 16.7 Å². The molecule has 0 fully saturated rings. The predicted octanol–water partition coefficient (Wildman–Crippen LogP) is 2.67. The fraction of sp³-hybridized carbons (Fsp3) is 0.278. The summed E-state index contributed by atoms with van der Waals surface area (Å²) in [6.07, 6.45) is 0.958. The van der Waals surface area contributed by atoms with Gasteiger partial charge in [-0.25, -0.2) is 0 Å². The smallest absolute Gasteiger partial charge is 0.240 e. The highest BCUT2D eigenvalue weighted by Crippen LogP contribution is 2.27.